The molecular formula is C34H30N4O. The zero-order chi connectivity index (χ0) is 29.2. The second-order valence-corrected chi connectivity index (χ2v) is 10.3. The first-order valence-electron chi connectivity index (χ1n) is 14.6. The Bertz CT molecular complexity index is 1970. The van der Waals surface area contributed by atoms with E-state index < -0.39 is 13.1 Å². The van der Waals surface area contributed by atoms with Crippen molar-refractivity contribution in [3.05, 3.63) is 126 Å². The van der Waals surface area contributed by atoms with Gasteiger partial charge in [0, 0.05) is 52.1 Å². The fourth-order valence-electron chi connectivity index (χ4n) is 5.74. The minimum absolute atomic E-state index is 0.395. The largest absolute Gasteiger partial charge is 0.457 e. The van der Waals surface area contributed by atoms with Gasteiger partial charge >= 0.3 is 0 Å². The predicted molar refractivity (Wildman–Crippen MR) is 159 cm³/mol. The smallest absolute Gasteiger partial charge is 0.137 e. The summed E-state index contributed by atoms with van der Waals surface area (Å²) in [6.45, 7) is 4.09. The van der Waals surface area contributed by atoms with Crippen molar-refractivity contribution in [2.24, 2.45) is 0 Å². The van der Waals surface area contributed by atoms with Gasteiger partial charge in [0.25, 0.3) is 0 Å². The van der Waals surface area contributed by atoms with Crippen LogP contribution in [-0.2, 0) is 0 Å². The normalized spacial score (nSPS) is 17.8. The zero-order valence-electron chi connectivity index (χ0n) is 25.1. The van der Waals surface area contributed by atoms with Gasteiger partial charge in [-0.1, -0.05) is 29.8 Å². The quantitative estimate of drug-likeness (QED) is 0.245. The molecule has 0 bridgehead atoms. The van der Waals surface area contributed by atoms with Crippen molar-refractivity contribution in [2.75, 3.05) is 6.98 Å². The molecule has 2 aliphatic rings. The molecule has 0 spiro atoms. The highest BCUT2D eigenvalue weighted by Gasteiger charge is 2.28. The molecule has 0 radical (unpaired) electrons. The average molecular weight is 514 g/mol. The van der Waals surface area contributed by atoms with Crippen LogP contribution in [-0.4, -0.2) is 32.5 Å². The number of hydrogen-bond acceptors (Lipinski definition) is 4. The first-order valence-corrected chi connectivity index (χ1v) is 13.1. The lowest BCUT2D eigenvalue weighted by atomic mass is 10.1. The minimum atomic E-state index is -2.26. The zero-order valence-corrected chi connectivity index (χ0v) is 22.1. The molecule has 3 aromatic carbocycles. The van der Waals surface area contributed by atoms with Crippen LogP contribution < -0.4 is 4.74 Å². The molecular weight excluding hydrogens is 480 g/mol. The van der Waals surface area contributed by atoms with E-state index in [2.05, 4.69) is 55.7 Å². The Hall–Kier alpha value is -4.77. The van der Waals surface area contributed by atoms with Gasteiger partial charge in [0.1, 0.15) is 23.5 Å². The molecule has 0 aliphatic carbocycles. The van der Waals surface area contributed by atoms with Gasteiger partial charge in [-0.2, -0.15) is 0 Å². The Morgan fingerprint density at radius 2 is 1.77 bits per heavy atom. The van der Waals surface area contributed by atoms with Crippen LogP contribution >= 0.6 is 0 Å². The number of pyridine rings is 1. The number of nitrogens with zero attached hydrogens (tertiary/aromatic N) is 4. The summed E-state index contributed by atoms with van der Waals surface area (Å²) in [7, 11) is 0. The molecule has 1 unspecified atom stereocenters. The third kappa shape index (κ3) is 3.89. The molecule has 0 fully saturated rings. The van der Waals surface area contributed by atoms with Gasteiger partial charge in [-0.25, -0.2) is 4.98 Å². The average Bonchev–Trinajstić information content (AvgIpc) is 3.50. The molecule has 2 aromatic heterocycles. The van der Waals surface area contributed by atoms with Crippen LogP contribution in [0, 0.1) is 20.8 Å². The molecule has 0 amide bonds. The molecule has 4 heterocycles. The monoisotopic (exact) mass is 513 g/mol. The van der Waals surface area contributed by atoms with Crippen LogP contribution in [0.4, 0.5) is 0 Å². The van der Waals surface area contributed by atoms with Gasteiger partial charge in [-0.05, 0) is 86.5 Å². The Morgan fingerprint density at radius 1 is 0.872 bits per heavy atom. The molecule has 5 aromatic rings. The SMILES string of the molecule is [2H]C([2H])([2H])N1C=C(c2cccc(Oc3ccc4c5cc(C)cc(C)c5n(-c5cc(C)ccn5)c4c3)c2)N2C=CC=CC21. The van der Waals surface area contributed by atoms with Crippen molar-refractivity contribution >= 4 is 27.5 Å². The predicted octanol–water partition coefficient (Wildman–Crippen LogP) is 7.85. The summed E-state index contributed by atoms with van der Waals surface area (Å²) in [6.07, 6.45) is 10.7. The molecule has 39 heavy (non-hydrogen) atoms. The van der Waals surface area contributed by atoms with E-state index in [9.17, 15) is 0 Å². The van der Waals surface area contributed by atoms with Crippen molar-refractivity contribution in [3.63, 3.8) is 0 Å². The molecule has 0 saturated carbocycles. The Kier molecular flexibility index (Phi) is 4.62. The van der Waals surface area contributed by atoms with Crippen molar-refractivity contribution in [1.29, 1.82) is 0 Å². The summed E-state index contributed by atoms with van der Waals surface area (Å²) >= 11 is 0. The lowest BCUT2D eigenvalue weighted by Gasteiger charge is -2.29. The second-order valence-electron chi connectivity index (χ2n) is 10.3. The first kappa shape index (κ1) is 20.2. The van der Waals surface area contributed by atoms with E-state index >= 15 is 0 Å². The van der Waals surface area contributed by atoms with Crippen LogP contribution in [0.15, 0.2) is 104 Å². The highest BCUT2D eigenvalue weighted by Crippen LogP contribution is 2.38. The maximum Gasteiger partial charge on any atom is 0.137 e. The third-order valence-electron chi connectivity index (χ3n) is 7.41. The van der Waals surface area contributed by atoms with Gasteiger partial charge < -0.3 is 14.5 Å². The molecule has 1 atom stereocenters. The molecule has 192 valence electrons. The van der Waals surface area contributed by atoms with Gasteiger partial charge in [0.15, 0.2) is 0 Å². The van der Waals surface area contributed by atoms with Crippen molar-refractivity contribution in [3.8, 4) is 17.3 Å². The lowest BCUT2D eigenvalue weighted by molar-refractivity contribution is 0.282. The maximum atomic E-state index is 8.02. The van der Waals surface area contributed by atoms with Crippen LogP contribution in [0.2, 0.25) is 0 Å². The number of likely N-dealkylation sites (N-methyl/N-ethyl adjacent to an activating group) is 1. The number of fused-ring (bicyclic) bond motifs is 4. The van der Waals surface area contributed by atoms with E-state index in [0.717, 1.165) is 39.1 Å². The first-order chi connectivity index (χ1) is 20.2. The van der Waals surface area contributed by atoms with E-state index in [1.807, 2.05) is 71.9 Å². The van der Waals surface area contributed by atoms with E-state index in [1.165, 1.54) is 21.4 Å². The topological polar surface area (TPSA) is 33.5 Å². The van der Waals surface area contributed by atoms with E-state index in [1.54, 1.807) is 6.20 Å². The summed E-state index contributed by atoms with van der Waals surface area (Å²) in [4.78, 5) is 8.10. The number of hydrogen-bond donors (Lipinski definition) is 0. The number of ether oxygens (including phenoxy) is 1. The molecule has 0 N–H and O–H groups in total. The van der Waals surface area contributed by atoms with Crippen LogP contribution in [0.1, 0.15) is 26.4 Å². The molecule has 2 aliphatic heterocycles. The number of aromatic nitrogens is 2. The highest BCUT2D eigenvalue weighted by molar-refractivity contribution is 6.10. The van der Waals surface area contributed by atoms with E-state index in [4.69, 9.17) is 13.8 Å². The van der Waals surface area contributed by atoms with Gasteiger partial charge in [0.2, 0.25) is 0 Å². The number of aryl methyl sites for hydroxylation is 3. The fourth-order valence-corrected chi connectivity index (χ4v) is 5.74. The van der Waals surface area contributed by atoms with Crippen LogP contribution in [0.25, 0.3) is 33.3 Å². The highest BCUT2D eigenvalue weighted by atomic mass is 16.5. The minimum Gasteiger partial charge on any atom is -0.457 e. The van der Waals surface area contributed by atoms with E-state index in [0.29, 0.717) is 11.5 Å². The maximum absolute atomic E-state index is 8.02. The summed E-state index contributed by atoms with van der Waals surface area (Å²) in [6, 6.07) is 22.5. The summed E-state index contributed by atoms with van der Waals surface area (Å²) in [5, 5.41) is 2.32. The Labute approximate surface area is 232 Å². The second kappa shape index (κ2) is 8.91. The number of rotatable bonds is 4. The standard InChI is InChI=1S/C34H30N4O/c1-22-13-14-35-32(18-22)38-30-20-27(11-12-28(30)29-17-23(2)16-24(3)34(29)38)39-26-9-7-8-25(19-26)31-21-36(4)33-10-5-6-15-37(31)33/h5-21,33H,1-4H3/i4D3. The summed E-state index contributed by atoms with van der Waals surface area (Å²) in [5.41, 5.74) is 7.37. The van der Waals surface area contributed by atoms with Crippen molar-refractivity contribution < 1.29 is 8.85 Å². The lowest BCUT2D eigenvalue weighted by Crippen LogP contribution is -2.33. The number of benzene rings is 3. The summed E-state index contributed by atoms with van der Waals surface area (Å²) in [5.74, 6) is 2.23. The van der Waals surface area contributed by atoms with Gasteiger partial charge in [0.05, 0.1) is 16.7 Å². The molecule has 5 heteroatoms. The number of allylic oxidation sites excluding steroid dienone is 2. The van der Waals surface area contributed by atoms with Gasteiger partial charge in [-0.15, -0.1) is 0 Å². The Balaban J connectivity index is 1.30. The molecule has 5 nitrogen and oxygen atoms in total. The van der Waals surface area contributed by atoms with Crippen molar-refractivity contribution in [2.45, 2.75) is 26.9 Å². The Morgan fingerprint density at radius 3 is 2.64 bits per heavy atom. The fraction of sp³-hybridized carbons (Fsp3) is 0.147. The van der Waals surface area contributed by atoms with Gasteiger partial charge in [-0.3, -0.25) is 4.57 Å². The summed E-state index contributed by atoms with van der Waals surface area (Å²) < 4.78 is 32.7. The molecule has 0 saturated heterocycles. The van der Waals surface area contributed by atoms with E-state index in [-0.39, 0.29) is 0 Å². The van der Waals surface area contributed by atoms with Crippen molar-refractivity contribution in [1.82, 2.24) is 19.4 Å². The molecule has 7 rings (SSSR count). The van der Waals surface area contributed by atoms with Crippen LogP contribution in [0.5, 0.6) is 11.5 Å². The third-order valence-corrected chi connectivity index (χ3v) is 7.41. The van der Waals surface area contributed by atoms with Crippen LogP contribution in [0.3, 0.4) is 0 Å².